The standard InChI is InChI=1S/C16H28O3/c1-13(11-12-16(3,4)19-6)9-7-8-10-14(2)15(17)18-5/h7-8,10,13H,9,11-12H2,1-6H3/b8-7+,14-10+. The number of hydrogen-bond acceptors (Lipinski definition) is 3. The SMILES string of the molecule is COC(=O)/C(C)=C/C=C/CC(C)CCC(C)(C)OC. The zero-order chi connectivity index (χ0) is 14.9. The number of ether oxygens (including phenoxy) is 2. The van der Waals surface area contributed by atoms with Crippen molar-refractivity contribution < 1.29 is 14.3 Å². The predicted molar refractivity (Wildman–Crippen MR) is 79.0 cm³/mol. The fourth-order valence-electron chi connectivity index (χ4n) is 1.57. The molecule has 0 N–H and O–H groups in total. The van der Waals surface area contributed by atoms with Crippen LogP contribution in [0.5, 0.6) is 0 Å². The molecule has 110 valence electrons. The van der Waals surface area contributed by atoms with Crippen molar-refractivity contribution in [3.63, 3.8) is 0 Å². The molecule has 19 heavy (non-hydrogen) atoms. The molecule has 0 amide bonds. The van der Waals surface area contributed by atoms with E-state index in [1.54, 1.807) is 20.1 Å². The zero-order valence-corrected chi connectivity index (χ0v) is 13.2. The Bertz CT molecular complexity index is 327. The summed E-state index contributed by atoms with van der Waals surface area (Å²) in [5, 5.41) is 0. The predicted octanol–water partition coefficient (Wildman–Crippen LogP) is 3.89. The molecule has 0 heterocycles. The quantitative estimate of drug-likeness (QED) is 0.380. The highest BCUT2D eigenvalue weighted by atomic mass is 16.5. The van der Waals surface area contributed by atoms with Gasteiger partial charge in [0.2, 0.25) is 0 Å². The van der Waals surface area contributed by atoms with E-state index in [0.717, 1.165) is 19.3 Å². The van der Waals surface area contributed by atoms with Gasteiger partial charge in [-0.05, 0) is 46.0 Å². The van der Waals surface area contributed by atoms with Gasteiger partial charge in [-0.3, -0.25) is 0 Å². The van der Waals surface area contributed by atoms with Crippen molar-refractivity contribution in [3.05, 3.63) is 23.8 Å². The average molecular weight is 268 g/mol. The second-order valence-corrected chi connectivity index (χ2v) is 5.61. The van der Waals surface area contributed by atoms with E-state index in [0.29, 0.717) is 11.5 Å². The molecular weight excluding hydrogens is 240 g/mol. The lowest BCUT2D eigenvalue weighted by Crippen LogP contribution is -2.22. The summed E-state index contributed by atoms with van der Waals surface area (Å²) in [6, 6.07) is 0. The number of esters is 1. The maximum absolute atomic E-state index is 11.1. The largest absolute Gasteiger partial charge is 0.466 e. The Balaban J connectivity index is 4.03. The van der Waals surface area contributed by atoms with Crippen LogP contribution in [0.25, 0.3) is 0 Å². The van der Waals surface area contributed by atoms with Crippen molar-refractivity contribution in [3.8, 4) is 0 Å². The smallest absolute Gasteiger partial charge is 0.333 e. The minimum Gasteiger partial charge on any atom is -0.466 e. The van der Waals surface area contributed by atoms with Crippen LogP contribution >= 0.6 is 0 Å². The van der Waals surface area contributed by atoms with Crippen molar-refractivity contribution in [2.45, 2.75) is 52.6 Å². The molecule has 0 spiro atoms. The minimum absolute atomic E-state index is 0.0423. The summed E-state index contributed by atoms with van der Waals surface area (Å²) in [5.41, 5.74) is 0.575. The number of hydrogen-bond donors (Lipinski definition) is 0. The highest BCUT2D eigenvalue weighted by Gasteiger charge is 2.16. The van der Waals surface area contributed by atoms with Crippen LogP contribution in [0.2, 0.25) is 0 Å². The molecule has 0 saturated heterocycles. The Morgan fingerprint density at radius 3 is 2.47 bits per heavy atom. The lowest BCUT2D eigenvalue weighted by Gasteiger charge is -2.24. The number of carbonyl (C=O) groups excluding carboxylic acids is 1. The first-order valence-electron chi connectivity index (χ1n) is 6.79. The molecule has 0 aliphatic carbocycles. The molecule has 0 aromatic carbocycles. The summed E-state index contributed by atoms with van der Waals surface area (Å²) in [7, 11) is 3.15. The van der Waals surface area contributed by atoms with Crippen LogP contribution in [-0.2, 0) is 14.3 Å². The first kappa shape index (κ1) is 17.9. The maximum Gasteiger partial charge on any atom is 0.333 e. The zero-order valence-electron chi connectivity index (χ0n) is 13.2. The first-order valence-corrected chi connectivity index (χ1v) is 6.79. The Morgan fingerprint density at radius 2 is 1.95 bits per heavy atom. The van der Waals surface area contributed by atoms with Crippen LogP contribution in [0.4, 0.5) is 0 Å². The Morgan fingerprint density at radius 1 is 1.32 bits per heavy atom. The number of allylic oxidation sites excluding steroid dienone is 3. The molecule has 0 fully saturated rings. The molecule has 0 radical (unpaired) electrons. The highest BCUT2D eigenvalue weighted by Crippen LogP contribution is 2.21. The summed E-state index contributed by atoms with van der Waals surface area (Å²) in [5.74, 6) is 0.331. The lowest BCUT2D eigenvalue weighted by molar-refractivity contribution is -0.136. The van der Waals surface area contributed by atoms with Crippen LogP contribution in [0.3, 0.4) is 0 Å². The molecule has 3 heteroatoms. The van der Waals surface area contributed by atoms with Gasteiger partial charge in [-0.25, -0.2) is 4.79 Å². The summed E-state index contributed by atoms with van der Waals surface area (Å²) in [4.78, 5) is 11.1. The molecule has 1 unspecified atom stereocenters. The summed E-state index contributed by atoms with van der Waals surface area (Å²) in [6.45, 7) is 8.20. The van der Waals surface area contributed by atoms with Gasteiger partial charge in [0, 0.05) is 12.7 Å². The molecule has 0 aliphatic heterocycles. The van der Waals surface area contributed by atoms with E-state index >= 15 is 0 Å². The van der Waals surface area contributed by atoms with Crippen LogP contribution in [-0.4, -0.2) is 25.8 Å². The molecule has 0 aromatic heterocycles. The van der Waals surface area contributed by atoms with Crippen molar-refractivity contribution in [2.75, 3.05) is 14.2 Å². The maximum atomic E-state index is 11.1. The van der Waals surface area contributed by atoms with Gasteiger partial charge in [-0.1, -0.05) is 25.2 Å². The topological polar surface area (TPSA) is 35.5 Å². The highest BCUT2D eigenvalue weighted by molar-refractivity contribution is 5.87. The fourth-order valence-corrected chi connectivity index (χ4v) is 1.57. The van der Waals surface area contributed by atoms with Gasteiger partial charge in [0.05, 0.1) is 12.7 Å². The third kappa shape index (κ3) is 8.60. The van der Waals surface area contributed by atoms with Crippen molar-refractivity contribution in [2.24, 2.45) is 5.92 Å². The average Bonchev–Trinajstić information content (AvgIpc) is 2.40. The molecule has 0 saturated carbocycles. The molecule has 1 atom stereocenters. The molecular formula is C16H28O3. The second kappa shape index (κ2) is 8.92. The van der Waals surface area contributed by atoms with E-state index in [4.69, 9.17) is 4.74 Å². The van der Waals surface area contributed by atoms with E-state index in [-0.39, 0.29) is 11.6 Å². The van der Waals surface area contributed by atoms with Crippen molar-refractivity contribution in [1.82, 2.24) is 0 Å². The van der Waals surface area contributed by atoms with E-state index < -0.39 is 0 Å². The van der Waals surface area contributed by atoms with E-state index in [1.165, 1.54) is 7.11 Å². The van der Waals surface area contributed by atoms with Gasteiger partial charge in [-0.15, -0.1) is 0 Å². The first-order chi connectivity index (χ1) is 8.82. The number of methoxy groups -OCH3 is 2. The number of carbonyl (C=O) groups is 1. The van der Waals surface area contributed by atoms with Gasteiger partial charge in [0.1, 0.15) is 0 Å². The summed E-state index contributed by atoms with van der Waals surface area (Å²) < 4.78 is 10.0. The van der Waals surface area contributed by atoms with Gasteiger partial charge < -0.3 is 9.47 Å². The van der Waals surface area contributed by atoms with Crippen LogP contribution in [0.1, 0.15) is 47.0 Å². The van der Waals surface area contributed by atoms with E-state index in [1.807, 2.05) is 6.08 Å². The minimum atomic E-state index is -0.278. The molecule has 0 bridgehead atoms. The fraction of sp³-hybridized carbons (Fsp3) is 0.688. The summed E-state index contributed by atoms with van der Waals surface area (Å²) >= 11 is 0. The van der Waals surface area contributed by atoms with Gasteiger partial charge in [-0.2, -0.15) is 0 Å². The van der Waals surface area contributed by atoms with Crippen LogP contribution in [0, 0.1) is 5.92 Å². The lowest BCUT2D eigenvalue weighted by atomic mass is 9.94. The molecule has 0 aliphatic rings. The molecule has 0 aromatic rings. The molecule has 0 rings (SSSR count). The Hall–Kier alpha value is -1.09. The van der Waals surface area contributed by atoms with Crippen molar-refractivity contribution >= 4 is 5.97 Å². The second-order valence-electron chi connectivity index (χ2n) is 5.61. The third-order valence-electron chi connectivity index (χ3n) is 3.32. The van der Waals surface area contributed by atoms with Gasteiger partial charge in [0.25, 0.3) is 0 Å². The van der Waals surface area contributed by atoms with E-state index in [9.17, 15) is 4.79 Å². The van der Waals surface area contributed by atoms with Gasteiger partial charge in [0.15, 0.2) is 0 Å². The molecule has 3 nitrogen and oxygen atoms in total. The summed E-state index contributed by atoms with van der Waals surface area (Å²) in [6.07, 6.45) is 8.99. The Kier molecular flexibility index (Phi) is 8.41. The van der Waals surface area contributed by atoms with Crippen LogP contribution < -0.4 is 0 Å². The normalized spacial score (nSPS) is 14.7. The Labute approximate surface area is 117 Å². The number of rotatable bonds is 8. The van der Waals surface area contributed by atoms with Crippen molar-refractivity contribution in [1.29, 1.82) is 0 Å². The van der Waals surface area contributed by atoms with E-state index in [2.05, 4.69) is 31.6 Å². The van der Waals surface area contributed by atoms with Crippen LogP contribution in [0.15, 0.2) is 23.8 Å². The third-order valence-corrected chi connectivity index (χ3v) is 3.32. The van der Waals surface area contributed by atoms with Gasteiger partial charge >= 0.3 is 5.97 Å². The monoisotopic (exact) mass is 268 g/mol.